The van der Waals surface area contributed by atoms with Crippen LogP contribution < -0.4 is 10.6 Å². The van der Waals surface area contributed by atoms with E-state index in [0.717, 1.165) is 5.69 Å². The van der Waals surface area contributed by atoms with E-state index in [1.165, 1.54) is 4.90 Å². The molecule has 1 aromatic rings. The molecule has 2 N–H and O–H groups in total. The average Bonchev–Trinajstić information content (AvgIpc) is 2.35. The minimum Gasteiger partial charge on any atom is -0.383 e. The monoisotopic (exact) mass is 332 g/mol. The SMILES string of the molecule is COCCNCC(=O)Nc1ccc(SC(C)(C)C)cc1.Cl. The fraction of sp³-hybridized carbons (Fsp3) is 0.533. The third-order valence-electron chi connectivity index (χ3n) is 2.33. The molecule has 21 heavy (non-hydrogen) atoms. The predicted molar refractivity (Wildman–Crippen MR) is 92.7 cm³/mol. The number of methoxy groups -OCH3 is 1. The van der Waals surface area contributed by atoms with Gasteiger partial charge in [-0.2, -0.15) is 0 Å². The summed E-state index contributed by atoms with van der Waals surface area (Å²) < 4.78 is 5.09. The largest absolute Gasteiger partial charge is 0.383 e. The van der Waals surface area contributed by atoms with Crippen LogP contribution in [-0.4, -0.2) is 37.5 Å². The highest BCUT2D eigenvalue weighted by molar-refractivity contribution is 8.00. The van der Waals surface area contributed by atoms with Crippen molar-refractivity contribution < 1.29 is 9.53 Å². The molecule has 0 saturated heterocycles. The molecule has 0 aliphatic carbocycles. The van der Waals surface area contributed by atoms with Crippen LogP contribution in [0.2, 0.25) is 0 Å². The third kappa shape index (κ3) is 9.74. The molecule has 6 heteroatoms. The van der Waals surface area contributed by atoms with Gasteiger partial charge in [0, 0.05) is 29.0 Å². The van der Waals surface area contributed by atoms with Crippen LogP contribution in [0.15, 0.2) is 29.2 Å². The highest BCUT2D eigenvalue weighted by Gasteiger charge is 2.11. The normalized spacial score (nSPS) is 10.9. The van der Waals surface area contributed by atoms with Crippen molar-refractivity contribution in [1.29, 1.82) is 0 Å². The summed E-state index contributed by atoms with van der Waals surface area (Å²) in [4.78, 5) is 12.9. The van der Waals surface area contributed by atoms with E-state index < -0.39 is 0 Å². The average molecular weight is 333 g/mol. The van der Waals surface area contributed by atoms with Gasteiger partial charge in [-0.25, -0.2) is 0 Å². The summed E-state index contributed by atoms with van der Waals surface area (Å²) in [6.45, 7) is 8.11. The maximum atomic E-state index is 11.7. The Hall–Kier alpha value is -0.750. The van der Waals surface area contributed by atoms with Crippen molar-refractivity contribution in [2.75, 3.05) is 32.1 Å². The van der Waals surface area contributed by atoms with Gasteiger partial charge in [0.15, 0.2) is 0 Å². The molecule has 1 aromatic carbocycles. The lowest BCUT2D eigenvalue weighted by Gasteiger charge is -2.17. The van der Waals surface area contributed by atoms with Crippen molar-refractivity contribution in [1.82, 2.24) is 5.32 Å². The van der Waals surface area contributed by atoms with Gasteiger partial charge in [0.1, 0.15) is 0 Å². The van der Waals surface area contributed by atoms with Gasteiger partial charge in [0.2, 0.25) is 5.91 Å². The molecule has 120 valence electrons. The summed E-state index contributed by atoms with van der Waals surface area (Å²) in [6, 6.07) is 7.93. The highest BCUT2D eigenvalue weighted by Crippen LogP contribution is 2.32. The van der Waals surface area contributed by atoms with Crippen molar-refractivity contribution in [3.63, 3.8) is 0 Å². The lowest BCUT2D eigenvalue weighted by Crippen LogP contribution is -2.30. The molecular formula is C15H25ClN2O2S. The highest BCUT2D eigenvalue weighted by atomic mass is 35.5. The van der Waals surface area contributed by atoms with Crippen LogP contribution in [0.3, 0.4) is 0 Å². The number of carbonyl (C=O) groups is 1. The van der Waals surface area contributed by atoms with Crippen molar-refractivity contribution in [3.8, 4) is 0 Å². The Morgan fingerprint density at radius 3 is 2.38 bits per heavy atom. The molecule has 0 radical (unpaired) electrons. The van der Waals surface area contributed by atoms with Gasteiger partial charge in [-0.05, 0) is 24.3 Å². The van der Waals surface area contributed by atoms with E-state index in [1.54, 1.807) is 7.11 Å². The Morgan fingerprint density at radius 1 is 1.24 bits per heavy atom. The van der Waals surface area contributed by atoms with Gasteiger partial charge in [-0.3, -0.25) is 4.79 Å². The summed E-state index contributed by atoms with van der Waals surface area (Å²) >= 11 is 1.81. The molecule has 0 unspecified atom stereocenters. The molecule has 0 atom stereocenters. The van der Waals surface area contributed by atoms with Crippen molar-refractivity contribution >= 4 is 35.8 Å². The van der Waals surface area contributed by atoms with E-state index >= 15 is 0 Å². The van der Waals surface area contributed by atoms with E-state index in [2.05, 4.69) is 31.4 Å². The van der Waals surface area contributed by atoms with Crippen LogP contribution in [-0.2, 0) is 9.53 Å². The van der Waals surface area contributed by atoms with Crippen molar-refractivity contribution in [2.45, 2.75) is 30.4 Å². The Labute approximate surface area is 137 Å². The second-order valence-corrected chi connectivity index (χ2v) is 7.36. The summed E-state index contributed by atoms with van der Waals surface area (Å²) in [7, 11) is 1.64. The number of ether oxygens (including phenoxy) is 1. The third-order valence-corrected chi connectivity index (χ3v) is 3.45. The van der Waals surface area contributed by atoms with E-state index in [9.17, 15) is 4.79 Å². The maximum Gasteiger partial charge on any atom is 0.238 e. The van der Waals surface area contributed by atoms with E-state index in [1.807, 2.05) is 36.0 Å². The van der Waals surface area contributed by atoms with Crippen LogP contribution in [0, 0.1) is 0 Å². The van der Waals surface area contributed by atoms with Crippen molar-refractivity contribution in [3.05, 3.63) is 24.3 Å². The van der Waals surface area contributed by atoms with Gasteiger partial charge in [0.05, 0.1) is 13.2 Å². The first-order valence-electron chi connectivity index (χ1n) is 6.69. The number of benzene rings is 1. The minimum atomic E-state index is -0.0441. The van der Waals surface area contributed by atoms with Gasteiger partial charge < -0.3 is 15.4 Å². The topological polar surface area (TPSA) is 50.4 Å². The van der Waals surface area contributed by atoms with Crippen LogP contribution in [0.4, 0.5) is 5.69 Å². The zero-order chi connectivity index (χ0) is 15.0. The minimum absolute atomic E-state index is 0. The van der Waals surface area contributed by atoms with Gasteiger partial charge in [-0.1, -0.05) is 20.8 Å². The summed E-state index contributed by atoms with van der Waals surface area (Å²) in [5, 5.41) is 5.86. The lowest BCUT2D eigenvalue weighted by atomic mass is 10.3. The molecule has 4 nitrogen and oxygen atoms in total. The Morgan fingerprint density at radius 2 is 1.86 bits per heavy atom. The smallest absolute Gasteiger partial charge is 0.238 e. The van der Waals surface area contributed by atoms with E-state index in [4.69, 9.17) is 4.74 Å². The van der Waals surface area contributed by atoms with E-state index in [0.29, 0.717) is 19.7 Å². The number of carbonyl (C=O) groups excluding carboxylic acids is 1. The summed E-state index contributed by atoms with van der Waals surface area (Å²) in [5.41, 5.74) is 0.821. The molecular weight excluding hydrogens is 308 g/mol. The van der Waals surface area contributed by atoms with Crippen LogP contribution in [0.5, 0.6) is 0 Å². The molecule has 0 aliphatic heterocycles. The fourth-order valence-electron chi connectivity index (χ4n) is 1.54. The summed E-state index contributed by atoms with van der Waals surface area (Å²) in [6.07, 6.45) is 0. The molecule has 0 heterocycles. The van der Waals surface area contributed by atoms with E-state index in [-0.39, 0.29) is 23.1 Å². The number of halogens is 1. The molecule has 0 bridgehead atoms. The van der Waals surface area contributed by atoms with Gasteiger partial charge in [0.25, 0.3) is 0 Å². The Balaban J connectivity index is 0.00000400. The maximum absolute atomic E-state index is 11.7. The molecule has 1 amide bonds. The first kappa shape index (κ1) is 20.2. The number of amides is 1. The zero-order valence-corrected chi connectivity index (χ0v) is 14.7. The van der Waals surface area contributed by atoms with Gasteiger partial charge in [-0.15, -0.1) is 24.2 Å². The first-order valence-corrected chi connectivity index (χ1v) is 7.51. The Bertz CT molecular complexity index is 419. The predicted octanol–water partition coefficient (Wildman–Crippen LogP) is 3.17. The molecule has 0 saturated carbocycles. The van der Waals surface area contributed by atoms with Crippen LogP contribution in [0.1, 0.15) is 20.8 Å². The summed E-state index contributed by atoms with van der Waals surface area (Å²) in [5.74, 6) is -0.0441. The number of anilines is 1. The number of rotatable bonds is 7. The second-order valence-electron chi connectivity index (χ2n) is 5.46. The number of nitrogens with one attached hydrogen (secondary N) is 2. The number of hydrogen-bond acceptors (Lipinski definition) is 4. The van der Waals surface area contributed by atoms with Crippen molar-refractivity contribution in [2.24, 2.45) is 0 Å². The van der Waals surface area contributed by atoms with Crippen LogP contribution in [0.25, 0.3) is 0 Å². The van der Waals surface area contributed by atoms with Crippen LogP contribution >= 0.6 is 24.2 Å². The lowest BCUT2D eigenvalue weighted by molar-refractivity contribution is -0.115. The quantitative estimate of drug-likeness (QED) is 0.595. The zero-order valence-electron chi connectivity index (χ0n) is 13.1. The Kier molecular flexibility index (Phi) is 9.70. The standard InChI is InChI=1S/C15H24N2O2S.ClH/c1-15(2,3)20-13-7-5-12(6-8-13)17-14(18)11-16-9-10-19-4;/h5-8,16H,9-11H2,1-4H3,(H,17,18);1H. The van der Waals surface area contributed by atoms with Gasteiger partial charge >= 0.3 is 0 Å². The first-order chi connectivity index (χ1) is 9.40. The molecule has 0 aliphatic rings. The molecule has 0 spiro atoms. The fourth-order valence-corrected chi connectivity index (χ4v) is 2.52. The number of thioether (sulfide) groups is 1. The molecule has 0 aromatic heterocycles. The second kappa shape index (κ2) is 10.1. The molecule has 1 rings (SSSR count). The number of hydrogen-bond donors (Lipinski definition) is 2. The molecule has 0 fully saturated rings.